The molecule has 3 heteroatoms. The largest absolute Gasteiger partial charge is 0.315 e. The van der Waals surface area contributed by atoms with E-state index in [9.17, 15) is 0 Å². The van der Waals surface area contributed by atoms with Crippen molar-refractivity contribution in [2.45, 2.75) is 19.4 Å². The third-order valence-electron chi connectivity index (χ3n) is 3.25. The molecule has 0 spiro atoms. The van der Waals surface area contributed by atoms with Gasteiger partial charge >= 0.3 is 0 Å². The molecule has 1 N–H and O–H groups in total. The Balaban J connectivity index is 2.07. The number of nitrogens with zero attached hydrogens (tertiary/aromatic N) is 1. The lowest BCUT2D eigenvalue weighted by molar-refractivity contribution is 0.225. The molecule has 0 saturated carbocycles. The molecule has 2 rings (SSSR count). The summed E-state index contributed by atoms with van der Waals surface area (Å²) in [4.78, 5) is 2.52. The maximum atomic E-state index is 6.03. The molecule has 0 aliphatic carbocycles. The van der Waals surface area contributed by atoms with E-state index >= 15 is 0 Å². The van der Waals surface area contributed by atoms with Crippen molar-refractivity contribution in [1.82, 2.24) is 10.2 Å². The molecule has 0 amide bonds. The van der Waals surface area contributed by atoms with Crippen molar-refractivity contribution < 1.29 is 0 Å². The standard InChI is InChI=1S/C13H19ClN2/c1-11(12-4-2-5-13(14)10-12)16-8-3-6-15-7-9-16/h2,4-5,10-11,15H,3,6-9H2,1H3. The molecular formula is C13H19ClN2. The number of hydrogen-bond donors (Lipinski definition) is 1. The summed E-state index contributed by atoms with van der Waals surface area (Å²) >= 11 is 6.03. The van der Waals surface area contributed by atoms with Gasteiger partial charge in [0.15, 0.2) is 0 Å². The molecule has 1 unspecified atom stereocenters. The van der Waals surface area contributed by atoms with Crippen molar-refractivity contribution >= 4 is 11.6 Å². The second kappa shape index (κ2) is 5.67. The second-order valence-electron chi connectivity index (χ2n) is 4.37. The molecule has 0 bridgehead atoms. The number of halogens is 1. The van der Waals surface area contributed by atoms with Crippen LogP contribution < -0.4 is 5.32 Å². The highest BCUT2D eigenvalue weighted by atomic mass is 35.5. The minimum atomic E-state index is 0.457. The molecule has 1 fully saturated rings. The summed E-state index contributed by atoms with van der Waals surface area (Å²) in [7, 11) is 0. The highest BCUT2D eigenvalue weighted by Gasteiger charge is 2.16. The van der Waals surface area contributed by atoms with Gasteiger partial charge in [-0.05, 0) is 44.1 Å². The van der Waals surface area contributed by atoms with Crippen molar-refractivity contribution in [3.8, 4) is 0 Å². The maximum absolute atomic E-state index is 6.03. The molecule has 1 aliphatic heterocycles. The minimum absolute atomic E-state index is 0.457. The molecule has 1 aromatic rings. The van der Waals surface area contributed by atoms with Gasteiger partial charge in [0.1, 0.15) is 0 Å². The zero-order valence-corrected chi connectivity index (χ0v) is 10.5. The summed E-state index contributed by atoms with van der Waals surface area (Å²) in [6.07, 6.45) is 1.23. The van der Waals surface area contributed by atoms with Gasteiger partial charge in [0.25, 0.3) is 0 Å². The predicted octanol–water partition coefficient (Wildman–Crippen LogP) is 2.70. The van der Waals surface area contributed by atoms with Gasteiger partial charge in [0.05, 0.1) is 0 Å². The van der Waals surface area contributed by atoms with Gasteiger partial charge in [-0.2, -0.15) is 0 Å². The first kappa shape index (κ1) is 11.9. The molecule has 88 valence electrons. The van der Waals surface area contributed by atoms with E-state index in [4.69, 9.17) is 11.6 Å². The summed E-state index contributed by atoms with van der Waals surface area (Å²) in [6, 6.07) is 8.66. The summed E-state index contributed by atoms with van der Waals surface area (Å²) in [5.74, 6) is 0. The van der Waals surface area contributed by atoms with Crippen LogP contribution in [0.1, 0.15) is 24.9 Å². The topological polar surface area (TPSA) is 15.3 Å². The van der Waals surface area contributed by atoms with Crippen LogP contribution in [0.2, 0.25) is 5.02 Å². The first-order chi connectivity index (χ1) is 7.77. The van der Waals surface area contributed by atoms with Crippen LogP contribution in [-0.4, -0.2) is 31.1 Å². The van der Waals surface area contributed by atoms with E-state index in [1.807, 2.05) is 12.1 Å². The average Bonchev–Trinajstić information content (AvgIpc) is 2.56. The van der Waals surface area contributed by atoms with Gasteiger partial charge in [-0.25, -0.2) is 0 Å². The molecule has 1 aliphatic rings. The fraction of sp³-hybridized carbons (Fsp3) is 0.538. The fourth-order valence-electron chi connectivity index (χ4n) is 2.23. The van der Waals surface area contributed by atoms with Crippen LogP contribution in [0.4, 0.5) is 0 Å². The molecular weight excluding hydrogens is 220 g/mol. The van der Waals surface area contributed by atoms with Crippen molar-refractivity contribution in [2.75, 3.05) is 26.2 Å². The average molecular weight is 239 g/mol. The SMILES string of the molecule is CC(c1cccc(Cl)c1)N1CCCNCC1. The van der Waals surface area contributed by atoms with Crippen LogP contribution in [0, 0.1) is 0 Å². The van der Waals surface area contributed by atoms with E-state index in [0.717, 1.165) is 24.7 Å². The number of hydrogen-bond acceptors (Lipinski definition) is 2. The maximum Gasteiger partial charge on any atom is 0.0409 e. The van der Waals surface area contributed by atoms with Gasteiger partial charge in [0.2, 0.25) is 0 Å². The highest BCUT2D eigenvalue weighted by Crippen LogP contribution is 2.23. The van der Waals surface area contributed by atoms with E-state index < -0.39 is 0 Å². The van der Waals surface area contributed by atoms with Gasteiger partial charge in [0, 0.05) is 24.2 Å². The number of nitrogens with one attached hydrogen (secondary N) is 1. The smallest absolute Gasteiger partial charge is 0.0409 e. The molecule has 0 radical (unpaired) electrons. The lowest BCUT2D eigenvalue weighted by Gasteiger charge is -2.27. The van der Waals surface area contributed by atoms with Crippen molar-refractivity contribution in [1.29, 1.82) is 0 Å². The summed E-state index contributed by atoms with van der Waals surface area (Å²) < 4.78 is 0. The Morgan fingerprint density at radius 2 is 2.19 bits per heavy atom. The Kier molecular flexibility index (Phi) is 4.22. The van der Waals surface area contributed by atoms with Crippen LogP contribution in [0.25, 0.3) is 0 Å². The lowest BCUT2D eigenvalue weighted by Crippen LogP contribution is -2.30. The Labute approximate surface area is 103 Å². The Hall–Kier alpha value is -0.570. The van der Waals surface area contributed by atoms with E-state index in [0.29, 0.717) is 6.04 Å². The van der Waals surface area contributed by atoms with Gasteiger partial charge in [-0.15, -0.1) is 0 Å². The van der Waals surface area contributed by atoms with E-state index in [-0.39, 0.29) is 0 Å². The number of rotatable bonds is 2. The predicted molar refractivity (Wildman–Crippen MR) is 68.9 cm³/mol. The molecule has 0 aromatic heterocycles. The highest BCUT2D eigenvalue weighted by molar-refractivity contribution is 6.30. The van der Waals surface area contributed by atoms with Crippen LogP contribution >= 0.6 is 11.6 Å². The first-order valence-corrected chi connectivity index (χ1v) is 6.35. The lowest BCUT2D eigenvalue weighted by atomic mass is 10.1. The van der Waals surface area contributed by atoms with E-state index in [1.165, 1.54) is 18.5 Å². The van der Waals surface area contributed by atoms with Gasteiger partial charge in [-0.1, -0.05) is 23.7 Å². The Morgan fingerprint density at radius 1 is 1.31 bits per heavy atom. The van der Waals surface area contributed by atoms with Gasteiger partial charge in [-0.3, -0.25) is 4.90 Å². The summed E-state index contributed by atoms with van der Waals surface area (Å²) in [6.45, 7) is 6.77. The van der Waals surface area contributed by atoms with Crippen LogP contribution in [0.3, 0.4) is 0 Å². The Bertz CT molecular complexity index is 332. The third kappa shape index (κ3) is 2.97. The number of benzene rings is 1. The van der Waals surface area contributed by atoms with Crippen LogP contribution in [0.5, 0.6) is 0 Å². The van der Waals surface area contributed by atoms with E-state index in [1.54, 1.807) is 0 Å². The molecule has 1 atom stereocenters. The zero-order valence-electron chi connectivity index (χ0n) is 9.75. The first-order valence-electron chi connectivity index (χ1n) is 5.97. The molecule has 1 saturated heterocycles. The molecule has 2 nitrogen and oxygen atoms in total. The van der Waals surface area contributed by atoms with Crippen molar-refractivity contribution in [2.24, 2.45) is 0 Å². The molecule has 16 heavy (non-hydrogen) atoms. The normalized spacial score (nSPS) is 20.4. The fourth-order valence-corrected chi connectivity index (χ4v) is 2.43. The summed E-state index contributed by atoms with van der Waals surface area (Å²) in [5.41, 5.74) is 1.31. The van der Waals surface area contributed by atoms with Crippen molar-refractivity contribution in [3.63, 3.8) is 0 Å². The van der Waals surface area contributed by atoms with Crippen LogP contribution in [-0.2, 0) is 0 Å². The third-order valence-corrected chi connectivity index (χ3v) is 3.49. The quantitative estimate of drug-likeness (QED) is 0.853. The Morgan fingerprint density at radius 3 is 3.00 bits per heavy atom. The van der Waals surface area contributed by atoms with Gasteiger partial charge < -0.3 is 5.32 Å². The van der Waals surface area contributed by atoms with Crippen molar-refractivity contribution in [3.05, 3.63) is 34.9 Å². The van der Waals surface area contributed by atoms with Crippen LogP contribution in [0.15, 0.2) is 24.3 Å². The summed E-state index contributed by atoms with van der Waals surface area (Å²) in [5, 5.41) is 4.26. The molecule has 1 heterocycles. The monoisotopic (exact) mass is 238 g/mol. The second-order valence-corrected chi connectivity index (χ2v) is 4.81. The minimum Gasteiger partial charge on any atom is -0.315 e. The zero-order chi connectivity index (χ0) is 11.4. The molecule has 1 aromatic carbocycles. The van der Waals surface area contributed by atoms with E-state index in [2.05, 4.69) is 29.3 Å².